The van der Waals surface area contributed by atoms with Crippen molar-refractivity contribution in [1.29, 1.82) is 0 Å². The molecular weight excluding hydrogens is 270 g/mol. The minimum atomic E-state index is -0.561. The normalized spacial score (nSPS) is 9.95. The van der Waals surface area contributed by atoms with Gasteiger partial charge in [-0.3, -0.25) is 9.48 Å². The summed E-state index contributed by atoms with van der Waals surface area (Å²) in [6.45, 7) is 3.84. The van der Waals surface area contributed by atoms with E-state index in [1.807, 2.05) is 30.3 Å². The van der Waals surface area contributed by atoms with Crippen LogP contribution in [0.4, 0.5) is 5.82 Å². The van der Waals surface area contributed by atoms with Gasteiger partial charge in [0.1, 0.15) is 5.56 Å². The fourth-order valence-electron chi connectivity index (χ4n) is 1.79. The van der Waals surface area contributed by atoms with E-state index in [-0.39, 0.29) is 11.4 Å². The van der Waals surface area contributed by atoms with Crippen molar-refractivity contribution in [2.24, 2.45) is 0 Å². The second-order valence-electron chi connectivity index (χ2n) is 4.26. The summed E-state index contributed by atoms with van der Waals surface area (Å²) in [6.07, 6.45) is 2.65. The van der Waals surface area contributed by atoms with Crippen molar-refractivity contribution >= 4 is 17.7 Å². The van der Waals surface area contributed by atoms with Gasteiger partial charge in [-0.2, -0.15) is 5.10 Å². The third-order valence-corrected chi connectivity index (χ3v) is 2.78. The number of ether oxygens (including phenoxy) is 1. The van der Waals surface area contributed by atoms with Gasteiger partial charge in [0.25, 0.3) is 0 Å². The van der Waals surface area contributed by atoms with E-state index >= 15 is 0 Å². The SMILES string of the molecule is C=CC(=O)Nc1nn(Cc2ccccc2)cc1C(=O)OC. The van der Waals surface area contributed by atoms with E-state index in [0.29, 0.717) is 6.54 Å². The molecule has 1 amide bonds. The number of rotatable bonds is 5. The average Bonchev–Trinajstić information content (AvgIpc) is 2.89. The van der Waals surface area contributed by atoms with Gasteiger partial charge in [-0.15, -0.1) is 0 Å². The topological polar surface area (TPSA) is 73.2 Å². The first kappa shape index (κ1) is 14.5. The number of hydrogen-bond acceptors (Lipinski definition) is 4. The van der Waals surface area contributed by atoms with Gasteiger partial charge in [-0.05, 0) is 11.6 Å². The van der Waals surface area contributed by atoms with Crippen LogP contribution < -0.4 is 5.32 Å². The highest BCUT2D eigenvalue weighted by Crippen LogP contribution is 2.15. The number of amides is 1. The third kappa shape index (κ3) is 3.56. The van der Waals surface area contributed by atoms with Gasteiger partial charge >= 0.3 is 5.97 Å². The molecule has 1 heterocycles. The molecule has 0 aliphatic rings. The van der Waals surface area contributed by atoms with Crippen LogP contribution in [-0.2, 0) is 16.1 Å². The predicted octanol–water partition coefficient (Wildman–Crippen LogP) is 1.84. The molecule has 6 nitrogen and oxygen atoms in total. The largest absolute Gasteiger partial charge is 0.465 e. The standard InChI is InChI=1S/C15H15N3O3/c1-3-13(19)16-14-12(15(20)21-2)10-18(17-14)9-11-7-5-4-6-8-11/h3-8,10H,1,9H2,2H3,(H,16,17,19). The Hall–Kier alpha value is -2.89. The molecular formula is C15H15N3O3. The highest BCUT2D eigenvalue weighted by molar-refractivity contribution is 6.03. The number of nitrogens with zero attached hydrogens (tertiary/aromatic N) is 2. The van der Waals surface area contributed by atoms with Crippen LogP contribution in [0.15, 0.2) is 49.2 Å². The molecule has 0 atom stereocenters. The number of carbonyl (C=O) groups is 2. The summed E-state index contributed by atoms with van der Waals surface area (Å²) in [5.74, 6) is -0.846. The first-order valence-corrected chi connectivity index (χ1v) is 6.27. The zero-order valence-corrected chi connectivity index (χ0v) is 11.6. The van der Waals surface area contributed by atoms with Crippen molar-refractivity contribution in [2.75, 3.05) is 12.4 Å². The minimum absolute atomic E-state index is 0.155. The van der Waals surface area contributed by atoms with Crippen molar-refractivity contribution in [3.63, 3.8) is 0 Å². The maximum Gasteiger partial charge on any atom is 0.343 e. The maximum absolute atomic E-state index is 11.7. The molecule has 0 aliphatic heterocycles. The van der Waals surface area contributed by atoms with Crippen molar-refractivity contribution in [2.45, 2.75) is 6.54 Å². The number of aromatic nitrogens is 2. The quantitative estimate of drug-likeness (QED) is 0.672. The second-order valence-corrected chi connectivity index (χ2v) is 4.26. The van der Waals surface area contributed by atoms with Crippen LogP contribution in [0.25, 0.3) is 0 Å². The summed E-state index contributed by atoms with van der Waals surface area (Å²) in [7, 11) is 1.27. The number of carbonyl (C=O) groups excluding carboxylic acids is 2. The average molecular weight is 285 g/mol. The van der Waals surface area contributed by atoms with Crippen LogP contribution in [0.1, 0.15) is 15.9 Å². The molecule has 1 aromatic carbocycles. The highest BCUT2D eigenvalue weighted by Gasteiger charge is 2.18. The molecule has 0 saturated carbocycles. The summed E-state index contributed by atoms with van der Waals surface area (Å²) in [6, 6.07) is 9.64. The lowest BCUT2D eigenvalue weighted by molar-refractivity contribution is -0.111. The first-order valence-electron chi connectivity index (χ1n) is 6.27. The summed E-state index contributed by atoms with van der Waals surface area (Å²) < 4.78 is 6.26. The lowest BCUT2D eigenvalue weighted by atomic mass is 10.2. The van der Waals surface area contributed by atoms with E-state index in [1.54, 1.807) is 4.68 Å². The predicted molar refractivity (Wildman–Crippen MR) is 77.9 cm³/mol. The van der Waals surface area contributed by atoms with Gasteiger partial charge in [0.2, 0.25) is 5.91 Å². The third-order valence-electron chi connectivity index (χ3n) is 2.78. The Kier molecular flexibility index (Phi) is 4.50. The summed E-state index contributed by atoms with van der Waals surface area (Å²) in [5.41, 5.74) is 1.22. The Morgan fingerprint density at radius 1 is 1.38 bits per heavy atom. The van der Waals surface area contributed by atoms with Gasteiger partial charge < -0.3 is 10.1 Å². The van der Waals surface area contributed by atoms with Crippen LogP contribution in [0.3, 0.4) is 0 Å². The molecule has 0 radical (unpaired) electrons. The number of anilines is 1. The van der Waals surface area contributed by atoms with Crippen molar-refractivity contribution < 1.29 is 14.3 Å². The fraction of sp³-hybridized carbons (Fsp3) is 0.133. The van der Waals surface area contributed by atoms with E-state index in [1.165, 1.54) is 13.3 Å². The molecule has 21 heavy (non-hydrogen) atoms. The van der Waals surface area contributed by atoms with E-state index < -0.39 is 11.9 Å². The second kappa shape index (κ2) is 6.51. The summed E-state index contributed by atoms with van der Waals surface area (Å²) in [4.78, 5) is 23.1. The number of nitrogens with one attached hydrogen (secondary N) is 1. The van der Waals surface area contributed by atoms with Gasteiger partial charge in [-0.25, -0.2) is 4.79 Å². The Bertz CT molecular complexity index is 662. The molecule has 6 heteroatoms. The minimum Gasteiger partial charge on any atom is -0.465 e. The van der Waals surface area contributed by atoms with E-state index in [2.05, 4.69) is 21.7 Å². The molecule has 2 aromatic rings. The van der Waals surface area contributed by atoms with Gasteiger partial charge in [-0.1, -0.05) is 36.9 Å². The molecule has 0 bridgehead atoms. The number of esters is 1. The fourth-order valence-corrected chi connectivity index (χ4v) is 1.79. The zero-order valence-electron chi connectivity index (χ0n) is 11.6. The van der Waals surface area contributed by atoms with Crippen LogP contribution in [0, 0.1) is 0 Å². The highest BCUT2D eigenvalue weighted by atomic mass is 16.5. The molecule has 0 spiro atoms. The molecule has 2 rings (SSSR count). The number of benzene rings is 1. The van der Waals surface area contributed by atoms with Crippen LogP contribution >= 0.6 is 0 Å². The molecule has 0 aliphatic carbocycles. The molecule has 0 fully saturated rings. The van der Waals surface area contributed by atoms with Gasteiger partial charge in [0.05, 0.1) is 13.7 Å². The summed E-state index contributed by atoms with van der Waals surface area (Å²) >= 11 is 0. The molecule has 0 unspecified atom stereocenters. The van der Waals surface area contributed by atoms with Crippen molar-refractivity contribution in [3.05, 3.63) is 60.3 Å². The molecule has 1 N–H and O–H groups in total. The first-order chi connectivity index (χ1) is 10.1. The maximum atomic E-state index is 11.7. The lowest BCUT2D eigenvalue weighted by Gasteiger charge is -2.01. The lowest BCUT2D eigenvalue weighted by Crippen LogP contribution is -2.12. The zero-order chi connectivity index (χ0) is 15.2. The van der Waals surface area contributed by atoms with E-state index in [0.717, 1.165) is 11.6 Å². The molecule has 1 aromatic heterocycles. The van der Waals surface area contributed by atoms with Gasteiger partial charge in [0.15, 0.2) is 5.82 Å². The summed E-state index contributed by atoms with van der Waals surface area (Å²) in [5, 5.41) is 6.69. The Morgan fingerprint density at radius 3 is 2.71 bits per heavy atom. The van der Waals surface area contributed by atoms with Crippen LogP contribution in [0.5, 0.6) is 0 Å². The van der Waals surface area contributed by atoms with E-state index in [4.69, 9.17) is 0 Å². The number of hydrogen-bond donors (Lipinski definition) is 1. The Morgan fingerprint density at radius 2 is 2.10 bits per heavy atom. The monoisotopic (exact) mass is 285 g/mol. The van der Waals surface area contributed by atoms with Crippen molar-refractivity contribution in [3.8, 4) is 0 Å². The number of methoxy groups -OCH3 is 1. The molecule has 108 valence electrons. The Labute approximate surface area is 122 Å². The van der Waals surface area contributed by atoms with E-state index in [9.17, 15) is 9.59 Å². The van der Waals surface area contributed by atoms with Crippen LogP contribution in [-0.4, -0.2) is 28.8 Å². The van der Waals surface area contributed by atoms with Crippen molar-refractivity contribution in [1.82, 2.24) is 9.78 Å². The smallest absolute Gasteiger partial charge is 0.343 e. The molecule has 0 saturated heterocycles. The Balaban J connectivity index is 2.29. The van der Waals surface area contributed by atoms with Crippen LogP contribution in [0.2, 0.25) is 0 Å². The van der Waals surface area contributed by atoms with Gasteiger partial charge in [0, 0.05) is 6.20 Å².